The van der Waals surface area contributed by atoms with Crippen LogP contribution in [-0.2, 0) is 9.59 Å². The van der Waals surface area contributed by atoms with Gasteiger partial charge < -0.3 is 25.7 Å². The molecule has 0 aliphatic heterocycles. The van der Waals surface area contributed by atoms with Crippen molar-refractivity contribution in [2.24, 2.45) is 0 Å². The van der Waals surface area contributed by atoms with Crippen molar-refractivity contribution < 1.29 is 24.6 Å². The fraction of sp³-hybridized carbons (Fsp3) is 0.286. The first-order chi connectivity index (χ1) is 14.1. The van der Waals surface area contributed by atoms with Crippen LogP contribution < -0.4 is 10.6 Å². The zero-order valence-corrected chi connectivity index (χ0v) is 17.8. The average Bonchev–Trinajstić information content (AvgIpc) is 2.68. The van der Waals surface area contributed by atoms with Gasteiger partial charge in [-0.25, -0.2) is 14.4 Å². The van der Waals surface area contributed by atoms with Crippen molar-refractivity contribution in [3.63, 3.8) is 0 Å². The molecule has 4 N–H and O–H groups in total. The number of aliphatic carboxylic acids is 2. The number of hydrogen-bond acceptors (Lipinski definition) is 4. The number of carboxylic acid groups (broad SMARTS) is 2. The van der Waals surface area contributed by atoms with Gasteiger partial charge >= 0.3 is 18.0 Å². The maximum Gasteiger partial charge on any atom is 0.414 e. The van der Waals surface area contributed by atoms with E-state index < -0.39 is 11.9 Å². The number of aryl methyl sites for hydroxylation is 1. The molecule has 1 unspecified atom stereocenters. The number of anilines is 1. The van der Waals surface area contributed by atoms with E-state index in [4.69, 9.17) is 31.4 Å². The average molecular weight is 436 g/mol. The fourth-order valence-corrected chi connectivity index (χ4v) is 2.56. The second kappa shape index (κ2) is 12.5. The maximum atomic E-state index is 12.4. The van der Waals surface area contributed by atoms with Gasteiger partial charge in [-0.1, -0.05) is 41.9 Å². The SMILES string of the molecule is Cc1ccccc1NC(=O)NC(CCN(C)C)c1ccc(Cl)cc1.O=C(O)C(=O)O. The zero-order chi connectivity index (χ0) is 22.7. The van der Waals surface area contributed by atoms with Crippen molar-refractivity contribution >= 4 is 35.3 Å². The second-order valence-electron chi connectivity index (χ2n) is 6.72. The van der Waals surface area contributed by atoms with Gasteiger partial charge in [0.1, 0.15) is 0 Å². The van der Waals surface area contributed by atoms with Gasteiger partial charge in [-0.3, -0.25) is 0 Å². The first kappa shape index (κ1) is 24.9. The lowest BCUT2D eigenvalue weighted by Crippen LogP contribution is -2.34. The molecule has 162 valence electrons. The quantitative estimate of drug-likeness (QED) is 0.514. The van der Waals surface area contributed by atoms with E-state index in [1.807, 2.05) is 69.6 Å². The second-order valence-corrected chi connectivity index (χ2v) is 7.16. The number of nitrogens with one attached hydrogen (secondary N) is 2. The molecule has 2 rings (SSSR count). The number of para-hydroxylation sites is 1. The molecule has 0 bridgehead atoms. The first-order valence-corrected chi connectivity index (χ1v) is 9.47. The number of amides is 2. The van der Waals surface area contributed by atoms with Crippen LogP contribution in [0.3, 0.4) is 0 Å². The normalized spacial score (nSPS) is 11.1. The van der Waals surface area contributed by atoms with Crippen molar-refractivity contribution in [1.82, 2.24) is 10.2 Å². The van der Waals surface area contributed by atoms with Crippen LogP contribution in [0.15, 0.2) is 48.5 Å². The third-order valence-corrected chi connectivity index (χ3v) is 4.27. The molecule has 2 aromatic rings. The molecule has 0 saturated carbocycles. The third-order valence-electron chi connectivity index (χ3n) is 4.02. The van der Waals surface area contributed by atoms with Gasteiger partial charge in [0.25, 0.3) is 0 Å². The lowest BCUT2D eigenvalue weighted by atomic mass is 10.0. The minimum absolute atomic E-state index is 0.0753. The summed E-state index contributed by atoms with van der Waals surface area (Å²) in [6.45, 7) is 2.84. The smallest absolute Gasteiger partial charge is 0.414 e. The lowest BCUT2D eigenvalue weighted by Gasteiger charge is -2.22. The van der Waals surface area contributed by atoms with Crippen molar-refractivity contribution in [2.45, 2.75) is 19.4 Å². The summed E-state index contributed by atoms with van der Waals surface area (Å²) in [6.07, 6.45) is 0.815. The van der Waals surface area contributed by atoms with Crippen LogP contribution in [0.2, 0.25) is 5.02 Å². The molecule has 0 saturated heterocycles. The maximum absolute atomic E-state index is 12.4. The molecule has 0 fully saturated rings. The Morgan fingerprint density at radius 1 is 1.00 bits per heavy atom. The Hall–Kier alpha value is -3.10. The van der Waals surface area contributed by atoms with E-state index in [1.54, 1.807) is 0 Å². The van der Waals surface area contributed by atoms with E-state index in [-0.39, 0.29) is 12.1 Å². The van der Waals surface area contributed by atoms with Crippen LogP contribution in [0.4, 0.5) is 10.5 Å². The van der Waals surface area contributed by atoms with Crippen LogP contribution in [0.25, 0.3) is 0 Å². The molecule has 0 aliphatic rings. The highest BCUT2D eigenvalue weighted by Gasteiger charge is 2.15. The van der Waals surface area contributed by atoms with Gasteiger partial charge in [-0.15, -0.1) is 0 Å². The summed E-state index contributed by atoms with van der Waals surface area (Å²) in [5.74, 6) is -3.65. The summed E-state index contributed by atoms with van der Waals surface area (Å²) in [7, 11) is 4.04. The number of rotatable bonds is 6. The molecule has 1 atom stereocenters. The predicted octanol–water partition coefficient (Wildman–Crippen LogP) is 3.62. The van der Waals surface area contributed by atoms with Crippen molar-refractivity contribution in [1.29, 1.82) is 0 Å². The number of halogens is 1. The van der Waals surface area contributed by atoms with Crippen LogP contribution in [0, 0.1) is 6.92 Å². The molecular weight excluding hydrogens is 410 g/mol. The van der Waals surface area contributed by atoms with Crippen LogP contribution in [0.5, 0.6) is 0 Å². The van der Waals surface area contributed by atoms with E-state index in [9.17, 15) is 4.79 Å². The minimum atomic E-state index is -1.82. The van der Waals surface area contributed by atoms with Gasteiger partial charge in [-0.2, -0.15) is 0 Å². The van der Waals surface area contributed by atoms with E-state index in [1.165, 1.54) is 0 Å². The summed E-state index contributed by atoms with van der Waals surface area (Å²) in [4.78, 5) is 32.7. The molecule has 0 spiro atoms. The Morgan fingerprint density at radius 3 is 2.07 bits per heavy atom. The predicted molar refractivity (Wildman–Crippen MR) is 116 cm³/mol. The number of nitrogens with zero attached hydrogens (tertiary/aromatic N) is 1. The Morgan fingerprint density at radius 2 is 1.57 bits per heavy atom. The summed E-state index contributed by atoms with van der Waals surface area (Å²) in [5, 5.41) is 21.5. The molecule has 0 radical (unpaired) electrons. The standard InChI is InChI=1S/C19H24ClN3O.C2H2O4/c1-14-6-4-5-7-17(14)21-19(24)22-18(12-13-23(2)3)15-8-10-16(20)11-9-15;3-1(4)2(5)6/h4-11,18H,12-13H2,1-3H3,(H2,21,22,24);(H,3,4)(H,5,6). The van der Waals surface area contributed by atoms with E-state index in [0.29, 0.717) is 5.02 Å². The summed E-state index contributed by atoms with van der Waals surface area (Å²) >= 11 is 5.97. The molecule has 0 heterocycles. The summed E-state index contributed by atoms with van der Waals surface area (Å²) in [5.41, 5.74) is 2.89. The number of benzene rings is 2. The van der Waals surface area contributed by atoms with Gasteiger partial charge in [0, 0.05) is 10.7 Å². The van der Waals surface area contributed by atoms with Gasteiger partial charge in [0.2, 0.25) is 0 Å². The molecule has 0 aliphatic carbocycles. The number of hydrogen-bond donors (Lipinski definition) is 4. The van der Waals surface area contributed by atoms with Crippen molar-refractivity contribution in [2.75, 3.05) is 26.0 Å². The largest absolute Gasteiger partial charge is 0.473 e. The highest BCUT2D eigenvalue weighted by molar-refractivity contribution is 6.30. The third kappa shape index (κ3) is 9.40. The van der Waals surface area contributed by atoms with E-state index >= 15 is 0 Å². The fourth-order valence-electron chi connectivity index (χ4n) is 2.43. The number of carbonyl (C=O) groups is 3. The number of urea groups is 1. The highest BCUT2D eigenvalue weighted by atomic mass is 35.5. The molecule has 2 amide bonds. The van der Waals surface area contributed by atoms with E-state index in [2.05, 4.69) is 15.5 Å². The summed E-state index contributed by atoms with van der Waals surface area (Å²) in [6, 6.07) is 15.0. The van der Waals surface area contributed by atoms with Crippen molar-refractivity contribution in [3.8, 4) is 0 Å². The molecular formula is C21H26ClN3O5. The molecule has 30 heavy (non-hydrogen) atoms. The van der Waals surface area contributed by atoms with Crippen LogP contribution in [0.1, 0.15) is 23.6 Å². The monoisotopic (exact) mass is 435 g/mol. The first-order valence-electron chi connectivity index (χ1n) is 9.09. The zero-order valence-electron chi connectivity index (χ0n) is 17.1. The Balaban J connectivity index is 0.000000656. The molecule has 9 heteroatoms. The topological polar surface area (TPSA) is 119 Å². The minimum Gasteiger partial charge on any atom is -0.473 e. The summed E-state index contributed by atoms with van der Waals surface area (Å²) < 4.78 is 0. The highest BCUT2D eigenvalue weighted by Crippen LogP contribution is 2.20. The number of carboxylic acids is 2. The number of carbonyl (C=O) groups excluding carboxylic acids is 1. The van der Waals surface area contributed by atoms with Crippen LogP contribution in [-0.4, -0.2) is 53.7 Å². The van der Waals surface area contributed by atoms with Gasteiger partial charge in [-0.05, 0) is 63.3 Å². The Bertz CT molecular complexity index is 844. The van der Waals surface area contributed by atoms with Gasteiger partial charge in [0.15, 0.2) is 0 Å². The van der Waals surface area contributed by atoms with Crippen LogP contribution >= 0.6 is 11.6 Å². The van der Waals surface area contributed by atoms with E-state index in [0.717, 1.165) is 29.8 Å². The Labute approximate surface area is 180 Å². The molecule has 8 nitrogen and oxygen atoms in total. The Kier molecular flexibility index (Phi) is 10.4. The molecule has 2 aromatic carbocycles. The van der Waals surface area contributed by atoms with Crippen molar-refractivity contribution in [3.05, 3.63) is 64.7 Å². The van der Waals surface area contributed by atoms with Gasteiger partial charge in [0.05, 0.1) is 6.04 Å². The lowest BCUT2D eigenvalue weighted by molar-refractivity contribution is -0.159. The molecule has 0 aromatic heterocycles.